The molecule has 2 aliphatic rings. The molecule has 0 radical (unpaired) electrons. The van der Waals surface area contributed by atoms with Gasteiger partial charge in [-0.15, -0.1) is 0 Å². The third-order valence-corrected chi connectivity index (χ3v) is 5.80. The second-order valence-corrected chi connectivity index (χ2v) is 7.64. The number of hydrogen-bond donors (Lipinski definition) is 1. The first kappa shape index (κ1) is 17.3. The first-order valence-electron chi connectivity index (χ1n) is 9.32. The summed E-state index contributed by atoms with van der Waals surface area (Å²) in [5.41, 5.74) is 8.66. The lowest BCUT2D eigenvalue weighted by atomic mass is 9.99. The van der Waals surface area contributed by atoms with Gasteiger partial charge in [-0.3, -0.25) is 4.79 Å². The van der Waals surface area contributed by atoms with Gasteiger partial charge < -0.3 is 10.6 Å². The molecule has 1 saturated heterocycles. The summed E-state index contributed by atoms with van der Waals surface area (Å²) in [6.07, 6.45) is 8.01. The van der Waals surface area contributed by atoms with Gasteiger partial charge in [0.15, 0.2) is 0 Å². The molecule has 6 heteroatoms. The van der Waals surface area contributed by atoms with Gasteiger partial charge in [0.1, 0.15) is 0 Å². The molecule has 2 fully saturated rings. The highest BCUT2D eigenvalue weighted by atomic mass is 35.5. The molecule has 2 heterocycles. The van der Waals surface area contributed by atoms with Gasteiger partial charge >= 0.3 is 0 Å². The summed E-state index contributed by atoms with van der Waals surface area (Å²) >= 11 is 6.02. The van der Waals surface area contributed by atoms with Gasteiger partial charge in [0.2, 0.25) is 11.9 Å². The Balaban J connectivity index is 1.70. The van der Waals surface area contributed by atoms with Gasteiger partial charge in [-0.25, -0.2) is 9.97 Å². The molecule has 0 spiro atoms. The minimum absolute atomic E-state index is 0.0286. The topological polar surface area (TPSA) is 72.1 Å². The van der Waals surface area contributed by atoms with E-state index in [1.54, 1.807) is 6.20 Å². The maximum Gasteiger partial charge on any atom is 0.226 e. The third-order valence-electron chi connectivity index (χ3n) is 5.55. The molecule has 0 unspecified atom stereocenters. The number of halogens is 1. The van der Waals surface area contributed by atoms with E-state index in [1.807, 2.05) is 29.2 Å². The summed E-state index contributed by atoms with van der Waals surface area (Å²) in [5, 5.41) is 0.686. The maximum atomic E-state index is 13.0. The van der Waals surface area contributed by atoms with E-state index < -0.39 is 0 Å². The molecule has 1 atom stereocenters. The van der Waals surface area contributed by atoms with Gasteiger partial charge in [-0.05, 0) is 43.4 Å². The van der Waals surface area contributed by atoms with Crippen molar-refractivity contribution in [3.8, 4) is 11.1 Å². The van der Waals surface area contributed by atoms with Crippen LogP contribution in [-0.2, 0) is 4.79 Å². The Bertz CT molecular complexity index is 802. The van der Waals surface area contributed by atoms with Crippen LogP contribution >= 0.6 is 11.6 Å². The number of carbonyl (C=O) groups excluding carboxylic acids is 1. The number of hydrogen-bond acceptors (Lipinski definition) is 4. The second kappa shape index (κ2) is 7.23. The van der Waals surface area contributed by atoms with E-state index in [-0.39, 0.29) is 23.8 Å². The summed E-state index contributed by atoms with van der Waals surface area (Å²) in [7, 11) is 0. The van der Waals surface area contributed by atoms with E-state index in [4.69, 9.17) is 17.3 Å². The lowest BCUT2D eigenvalue weighted by Gasteiger charge is -2.28. The molecule has 1 aliphatic carbocycles. The fraction of sp³-hybridized carbons (Fsp3) is 0.450. The van der Waals surface area contributed by atoms with Crippen LogP contribution in [0.15, 0.2) is 30.5 Å². The molecule has 1 amide bonds. The predicted molar refractivity (Wildman–Crippen MR) is 103 cm³/mol. The molecule has 1 saturated carbocycles. The first-order chi connectivity index (χ1) is 12.6. The summed E-state index contributed by atoms with van der Waals surface area (Å²) in [4.78, 5) is 23.8. The Labute approximate surface area is 158 Å². The van der Waals surface area contributed by atoms with Crippen LogP contribution in [0.1, 0.15) is 50.3 Å². The number of amides is 1. The van der Waals surface area contributed by atoms with Gasteiger partial charge in [0.25, 0.3) is 0 Å². The lowest BCUT2D eigenvalue weighted by Crippen LogP contribution is -2.35. The SMILES string of the molecule is Nc1ncc(-c2ccc(Cl)cc2)c([C@@H]2CCCN2C(=O)C2CCCC2)n1. The number of nitrogen functional groups attached to an aromatic ring is 1. The van der Waals surface area contributed by atoms with Crippen LogP contribution in [0.25, 0.3) is 11.1 Å². The zero-order chi connectivity index (χ0) is 18.1. The number of nitrogens with two attached hydrogens (primary N) is 1. The number of nitrogens with zero attached hydrogens (tertiary/aromatic N) is 3. The smallest absolute Gasteiger partial charge is 0.226 e. The van der Waals surface area contributed by atoms with Crippen LogP contribution in [0.3, 0.4) is 0 Å². The van der Waals surface area contributed by atoms with Crippen molar-refractivity contribution in [1.29, 1.82) is 0 Å². The van der Waals surface area contributed by atoms with Gasteiger partial charge in [0, 0.05) is 29.2 Å². The van der Waals surface area contributed by atoms with Crippen molar-refractivity contribution in [3.63, 3.8) is 0 Å². The molecular weight excluding hydrogens is 348 g/mol. The van der Waals surface area contributed by atoms with E-state index in [9.17, 15) is 4.79 Å². The Hall–Kier alpha value is -2.14. The summed E-state index contributed by atoms with van der Waals surface area (Å²) in [5.74, 6) is 0.705. The number of anilines is 1. The van der Waals surface area contributed by atoms with E-state index in [0.29, 0.717) is 5.02 Å². The monoisotopic (exact) mass is 370 g/mol. The summed E-state index contributed by atoms with van der Waals surface area (Å²) < 4.78 is 0. The van der Waals surface area contributed by atoms with Crippen LogP contribution in [0.5, 0.6) is 0 Å². The molecule has 4 rings (SSSR count). The first-order valence-corrected chi connectivity index (χ1v) is 9.70. The van der Waals surface area contributed by atoms with E-state index >= 15 is 0 Å². The molecule has 5 nitrogen and oxygen atoms in total. The molecule has 136 valence electrons. The second-order valence-electron chi connectivity index (χ2n) is 7.21. The van der Waals surface area contributed by atoms with E-state index in [0.717, 1.165) is 61.9 Å². The Morgan fingerprint density at radius 3 is 2.58 bits per heavy atom. The normalized spacial score (nSPS) is 20.7. The third kappa shape index (κ3) is 3.28. The van der Waals surface area contributed by atoms with Gasteiger partial charge in [-0.1, -0.05) is 36.6 Å². The Morgan fingerprint density at radius 1 is 1.12 bits per heavy atom. The highest BCUT2D eigenvalue weighted by Crippen LogP contribution is 2.39. The quantitative estimate of drug-likeness (QED) is 0.877. The molecule has 2 aromatic rings. The van der Waals surface area contributed by atoms with Crippen LogP contribution in [-0.4, -0.2) is 27.3 Å². The van der Waals surface area contributed by atoms with E-state index in [1.165, 1.54) is 0 Å². The van der Waals surface area contributed by atoms with Crippen molar-refractivity contribution in [2.45, 2.75) is 44.6 Å². The van der Waals surface area contributed by atoms with Crippen LogP contribution in [0.2, 0.25) is 5.02 Å². The van der Waals surface area contributed by atoms with Crippen LogP contribution < -0.4 is 5.73 Å². The number of carbonyl (C=O) groups is 1. The molecule has 1 aliphatic heterocycles. The zero-order valence-corrected chi connectivity index (χ0v) is 15.5. The standard InChI is InChI=1S/C20H23ClN4O/c21-15-9-7-13(8-10-15)16-12-23-20(22)24-18(16)17-6-3-11-25(17)19(26)14-4-1-2-5-14/h7-10,12,14,17H,1-6,11H2,(H2,22,23,24)/t17-/m0/s1. The zero-order valence-electron chi connectivity index (χ0n) is 14.7. The Kier molecular flexibility index (Phi) is 4.81. The average molecular weight is 371 g/mol. The fourth-order valence-corrected chi connectivity index (χ4v) is 4.36. The van der Waals surface area contributed by atoms with Crippen molar-refractivity contribution < 1.29 is 4.79 Å². The van der Waals surface area contributed by atoms with E-state index in [2.05, 4.69) is 9.97 Å². The van der Waals surface area contributed by atoms with Crippen LogP contribution in [0.4, 0.5) is 5.95 Å². The van der Waals surface area contributed by atoms with Crippen molar-refractivity contribution in [2.24, 2.45) is 5.92 Å². The maximum absolute atomic E-state index is 13.0. The van der Waals surface area contributed by atoms with Gasteiger partial charge in [-0.2, -0.15) is 0 Å². The van der Waals surface area contributed by atoms with Crippen molar-refractivity contribution in [3.05, 3.63) is 41.2 Å². The molecule has 0 bridgehead atoms. The van der Waals surface area contributed by atoms with Crippen molar-refractivity contribution in [2.75, 3.05) is 12.3 Å². The lowest BCUT2D eigenvalue weighted by molar-refractivity contribution is -0.136. The van der Waals surface area contributed by atoms with Crippen LogP contribution in [0, 0.1) is 5.92 Å². The Morgan fingerprint density at radius 2 is 1.85 bits per heavy atom. The average Bonchev–Trinajstić information content (AvgIpc) is 3.34. The molecule has 2 N–H and O–H groups in total. The number of likely N-dealkylation sites (tertiary alicyclic amines) is 1. The summed E-state index contributed by atoms with van der Waals surface area (Å²) in [6.45, 7) is 0.796. The molecule has 26 heavy (non-hydrogen) atoms. The number of benzene rings is 1. The minimum Gasteiger partial charge on any atom is -0.368 e. The molecule has 1 aromatic heterocycles. The molecular formula is C20H23ClN4O. The highest BCUT2D eigenvalue weighted by molar-refractivity contribution is 6.30. The predicted octanol–water partition coefficient (Wildman–Crippen LogP) is 4.23. The summed E-state index contributed by atoms with van der Waals surface area (Å²) in [6, 6.07) is 7.59. The fourth-order valence-electron chi connectivity index (χ4n) is 4.24. The van der Waals surface area contributed by atoms with Crippen molar-refractivity contribution in [1.82, 2.24) is 14.9 Å². The highest BCUT2D eigenvalue weighted by Gasteiger charge is 2.36. The minimum atomic E-state index is -0.0286. The number of aromatic nitrogens is 2. The van der Waals surface area contributed by atoms with Crippen molar-refractivity contribution >= 4 is 23.5 Å². The molecule has 1 aromatic carbocycles. The number of rotatable bonds is 3. The largest absolute Gasteiger partial charge is 0.368 e. The van der Waals surface area contributed by atoms with Gasteiger partial charge in [0.05, 0.1) is 11.7 Å².